The maximum absolute atomic E-state index is 4.82. The number of hydrogen-bond donors (Lipinski definition) is 1. The maximum atomic E-state index is 4.82. The second-order valence-corrected chi connectivity index (χ2v) is 7.58. The summed E-state index contributed by atoms with van der Waals surface area (Å²) in [6, 6.07) is 8.83. The molecule has 1 saturated heterocycles. The highest BCUT2D eigenvalue weighted by atomic mass is 15.2. The molecule has 3 heterocycles. The molecule has 1 aliphatic rings. The molecule has 4 heteroatoms. The van der Waals surface area contributed by atoms with Crippen molar-refractivity contribution in [1.29, 1.82) is 0 Å². The molecule has 1 fully saturated rings. The van der Waals surface area contributed by atoms with Crippen LogP contribution in [-0.2, 0) is 0 Å². The standard InChI is InChI=1S/C20H28N4/c1-5-6-7-15-8-9-18-17(21-15)10-11-19(22-18)24-13-12-16(14-24)23-20(2,3)4/h6-11,16,23H,5,12-14H2,1-4H3/b7-6+. The SMILES string of the molecule is CC/C=C/c1ccc2nc(N3CCC(NC(C)(C)C)C3)ccc2n1. The highest BCUT2D eigenvalue weighted by Crippen LogP contribution is 2.22. The summed E-state index contributed by atoms with van der Waals surface area (Å²) in [5.74, 6) is 1.05. The highest BCUT2D eigenvalue weighted by Gasteiger charge is 2.26. The fourth-order valence-corrected chi connectivity index (χ4v) is 3.22. The van der Waals surface area contributed by atoms with Gasteiger partial charge in [0.2, 0.25) is 0 Å². The van der Waals surface area contributed by atoms with Crippen molar-refractivity contribution in [2.45, 2.75) is 52.1 Å². The summed E-state index contributed by atoms with van der Waals surface area (Å²) < 4.78 is 0. The third-order valence-electron chi connectivity index (χ3n) is 4.22. The minimum atomic E-state index is 0.157. The lowest BCUT2D eigenvalue weighted by atomic mass is 10.1. The summed E-state index contributed by atoms with van der Waals surface area (Å²) in [5.41, 5.74) is 3.08. The molecule has 0 aromatic carbocycles. The molecule has 1 N–H and O–H groups in total. The number of rotatable bonds is 4. The first-order valence-electron chi connectivity index (χ1n) is 8.91. The number of aromatic nitrogens is 2. The lowest BCUT2D eigenvalue weighted by Gasteiger charge is -2.26. The predicted molar refractivity (Wildman–Crippen MR) is 102 cm³/mol. The van der Waals surface area contributed by atoms with Crippen molar-refractivity contribution in [3.8, 4) is 0 Å². The third-order valence-corrected chi connectivity index (χ3v) is 4.22. The highest BCUT2D eigenvalue weighted by molar-refractivity contribution is 5.77. The molecule has 24 heavy (non-hydrogen) atoms. The van der Waals surface area contributed by atoms with Crippen LogP contribution in [0.2, 0.25) is 0 Å². The van der Waals surface area contributed by atoms with Crippen LogP contribution in [0.3, 0.4) is 0 Å². The normalized spacial score (nSPS) is 18.8. The Bertz CT molecular complexity index is 730. The average Bonchev–Trinajstić information content (AvgIpc) is 2.98. The fourth-order valence-electron chi connectivity index (χ4n) is 3.22. The predicted octanol–water partition coefficient (Wildman–Crippen LogP) is 4.02. The van der Waals surface area contributed by atoms with Gasteiger partial charge < -0.3 is 10.2 Å². The van der Waals surface area contributed by atoms with E-state index in [0.29, 0.717) is 6.04 Å². The lowest BCUT2D eigenvalue weighted by molar-refractivity contribution is 0.373. The molecule has 0 aliphatic carbocycles. The molecule has 0 spiro atoms. The summed E-state index contributed by atoms with van der Waals surface area (Å²) in [6.07, 6.45) is 6.38. The molecule has 128 valence electrons. The molecule has 0 bridgehead atoms. The van der Waals surface area contributed by atoms with Gasteiger partial charge in [-0.1, -0.05) is 13.0 Å². The van der Waals surface area contributed by atoms with E-state index in [1.807, 2.05) is 6.07 Å². The molecule has 2 aromatic heterocycles. The van der Waals surface area contributed by atoms with Crippen LogP contribution in [0.5, 0.6) is 0 Å². The minimum absolute atomic E-state index is 0.157. The largest absolute Gasteiger partial charge is 0.355 e. The van der Waals surface area contributed by atoms with Crippen molar-refractivity contribution >= 4 is 22.9 Å². The smallest absolute Gasteiger partial charge is 0.129 e. The van der Waals surface area contributed by atoms with Gasteiger partial charge in [0.05, 0.1) is 16.7 Å². The first-order valence-corrected chi connectivity index (χ1v) is 8.91. The molecule has 1 unspecified atom stereocenters. The summed E-state index contributed by atoms with van der Waals surface area (Å²) in [5, 5.41) is 3.69. The zero-order chi connectivity index (χ0) is 17.2. The fraction of sp³-hybridized carbons (Fsp3) is 0.500. The van der Waals surface area contributed by atoms with Gasteiger partial charge in [-0.05, 0) is 64.0 Å². The second kappa shape index (κ2) is 6.89. The Balaban J connectivity index is 1.75. The van der Waals surface area contributed by atoms with Crippen molar-refractivity contribution in [3.05, 3.63) is 36.0 Å². The molecule has 1 aliphatic heterocycles. The Labute approximate surface area is 145 Å². The van der Waals surface area contributed by atoms with Crippen LogP contribution in [0.4, 0.5) is 5.82 Å². The Morgan fingerprint density at radius 1 is 1.17 bits per heavy atom. The van der Waals surface area contributed by atoms with E-state index in [4.69, 9.17) is 4.98 Å². The van der Waals surface area contributed by atoms with Crippen molar-refractivity contribution < 1.29 is 0 Å². The first kappa shape index (κ1) is 16.9. The van der Waals surface area contributed by atoms with Crippen molar-refractivity contribution in [2.75, 3.05) is 18.0 Å². The van der Waals surface area contributed by atoms with E-state index in [2.05, 4.69) is 73.2 Å². The van der Waals surface area contributed by atoms with Gasteiger partial charge in [-0.3, -0.25) is 0 Å². The number of nitrogens with zero attached hydrogens (tertiary/aromatic N) is 3. The van der Waals surface area contributed by atoms with Gasteiger partial charge in [-0.15, -0.1) is 0 Å². The molecule has 0 radical (unpaired) electrons. The Kier molecular flexibility index (Phi) is 4.86. The van der Waals surface area contributed by atoms with Gasteiger partial charge >= 0.3 is 0 Å². The van der Waals surface area contributed by atoms with Crippen molar-refractivity contribution in [2.24, 2.45) is 0 Å². The van der Waals surface area contributed by atoms with Gasteiger partial charge in [0.15, 0.2) is 0 Å². The second-order valence-electron chi connectivity index (χ2n) is 7.58. The summed E-state index contributed by atoms with van der Waals surface area (Å²) in [7, 11) is 0. The number of hydrogen-bond acceptors (Lipinski definition) is 4. The molecule has 2 aromatic rings. The summed E-state index contributed by atoms with van der Waals surface area (Å²) >= 11 is 0. The molecule has 4 nitrogen and oxygen atoms in total. The number of anilines is 1. The molecule has 0 amide bonds. The van der Waals surface area contributed by atoms with Crippen molar-refractivity contribution in [1.82, 2.24) is 15.3 Å². The summed E-state index contributed by atoms with van der Waals surface area (Å²) in [6.45, 7) is 10.9. The van der Waals surface area contributed by atoms with Crippen LogP contribution in [0.15, 0.2) is 30.3 Å². The van der Waals surface area contributed by atoms with Gasteiger partial charge in [-0.2, -0.15) is 0 Å². The summed E-state index contributed by atoms with van der Waals surface area (Å²) in [4.78, 5) is 11.9. The van der Waals surface area contributed by atoms with Gasteiger partial charge in [-0.25, -0.2) is 9.97 Å². The van der Waals surface area contributed by atoms with Crippen molar-refractivity contribution in [3.63, 3.8) is 0 Å². The Morgan fingerprint density at radius 2 is 1.92 bits per heavy atom. The quantitative estimate of drug-likeness (QED) is 0.922. The van der Waals surface area contributed by atoms with E-state index in [9.17, 15) is 0 Å². The van der Waals surface area contributed by atoms with E-state index in [1.54, 1.807) is 0 Å². The number of nitrogens with one attached hydrogen (secondary N) is 1. The van der Waals surface area contributed by atoms with Crippen LogP contribution < -0.4 is 10.2 Å². The van der Waals surface area contributed by atoms with Crippen LogP contribution in [0, 0.1) is 0 Å². The molecule has 3 rings (SSSR count). The molecule has 0 saturated carbocycles. The number of allylic oxidation sites excluding steroid dienone is 1. The topological polar surface area (TPSA) is 41.1 Å². The maximum Gasteiger partial charge on any atom is 0.129 e. The van der Waals surface area contributed by atoms with Gasteiger partial charge in [0.1, 0.15) is 5.82 Å². The zero-order valence-electron chi connectivity index (χ0n) is 15.2. The van der Waals surface area contributed by atoms with E-state index in [-0.39, 0.29) is 5.54 Å². The van der Waals surface area contributed by atoms with E-state index in [0.717, 1.165) is 48.5 Å². The van der Waals surface area contributed by atoms with E-state index < -0.39 is 0 Å². The Hall–Kier alpha value is -1.94. The van der Waals surface area contributed by atoms with Crippen LogP contribution in [0.25, 0.3) is 17.1 Å². The lowest BCUT2D eigenvalue weighted by Crippen LogP contribution is -2.44. The van der Waals surface area contributed by atoms with Crippen LogP contribution in [0.1, 0.15) is 46.2 Å². The van der Waals surface area contributed by atoms with Crippen LogP contribution >= 0.6 is 0 Å². The van der Waals surface area contributed by atoms with Gasteiger partial charge in [0, 0.05) is 24.7 Å². The number of fused-ring (bicyclic) bond motifs is 1. The average molecular weight is 324 g/mol. The molecular formula is C20H28N4. The minimum Gasteiger partial charge on any atom is -0.355 e. The third kappa shape index (κ3) is 4.12. The van der Waals surface area contributed by atoms with Crippen LogP contribution in [-0.4, -0.2) is 34.6 Å². The van der Waals surface area contributed by atoms with E-state index in [1.165, 1.54) is 0 Å². The first-order chi connectivity index (χ1) is 11.4. The Morgan fingerprint density at radius 3 is 2.67 bits per heavy atom. The van der Waals surface area contributed by atoms with Gasteiger partial charge in [0.25, 0.3) is 0 Å². The molecule has 1 atom stereocenters. The number of pyridine rings is 2. The zero-order valence-corrected chi connectivity index (χ0v) is 15.2. The monoisotopic (exact) mass is 324 g/mol. The molecular weight excluding hydrogens is 296 g/mol. The van der Waals surface area contributed by atoms with E-state index >= 15 is 0 Å².